The number of hydrogen-bond donors (Lipinski definition) is 0. The summed E-state index contributed by atoms with van der Waals surface area (Å²) in [5.74, 6) is 1.58. The minimum absolute atomic E-state index is 0.280. The maximum atomic E-state index is 10.8. The van der Waals surface area contributed by atoms with Gasteiger partial charge in [0.2, 0.25) is 0 Å². The van der Waals surface area contributed by atoms with Crippen molar-refractivity contribution in [3.63, 3.8) is 0 Å². The Morgan fingerprint density at radius 2 is 2.29 bits per heavy atom. The van der Waals surface area contributed by atoms with Crippen LogP contribution >= 0.6 is 0 Å². The number of rotatable bonds is 2. The summed E-state index contributed by atoms with van der Waals surface area (Å²) in [4.78, 5) is 10.8. The summed E-state index contributed by atoms with van der Waals surface area (Å²) in [5, 5.41) is 0. The number of esters is 1. The highest BCUT2D eigenvalue weighted by Crippen LogP contribution is 2.67. The topological polar surface area (TPSA) is 26.3 Å². The van der Waals surface area contributed by atoms with Gasteiger partial charge >= 0.3 is 5.97 Å². The fraction of sp³-hybridized carbons (Fsp3) is 0.583. The molecule has 2 rings (SSSR count). The van der Waals surface area contributed by atoms with E-state index >= 15 is 0 Å². The molecule has 2 nitrogen and oxygen atoms in total. The second-order valence-corrected chi connectivity index (χ2v) is 4.82. The van der Waals surface area contributed by atoms with Gasteiger partial charge in [0, 0.05) is 6.92 Å². The molecule has 0 aromatic rings. The van der Waals surface area contributed by atoms with E-state index in [1.54, 1.807) is 0 Å². The van der Waals surface area contributed by atoms with Gasteiger partial charge in [0.25, 0.3) is 0 Å². The maximum Gasteiger partial charge on any atom is 0.308 e. The molecule has 2 heteroatoms. The molecule has 0 aromatic carbocycles. The van der Waals surface area contributed by atoms with Crippen molar-refractivity contribution in [1.82, 2.24) is 0 Å². The molecule has 0 saturated heterocycles. The zero-order chi connectivity index (χ0) is 10.5. The van der Waals surface area contributed by atoms with Gasteiger partial charge in [-0.15, -0.1) is 0 Å². The molecule has 0 aromatic heterocycles. The number of ether oxygens (including phenoxy) is 1. The van der Waals surface area contributed by atoms with Gasteiger partial charge in [-0.25, -0.2) is 0 Å². The van der Waals surface area contributed by atoms with Crippen molar-refractivity contribution in [2.24, 2.45) is 17.3 Å². The second-order valence-electron chi connectivity index (χ2n) is 4.82. The van der Waals surface area contributed by atoms with Gasteiger partial charge in [0.05, 0.1) is 0 Å². The lowest BCUT2D eigenvalue weighted by atomic mass is 9.99. The van der Waals surface area contributed by atoms with Crippen LogP contribution in [-0.4, -0.2) is 5.97 Å². The quantitative estimate of drug-likeness (QED) is 0.496. The molecule has 0 amide bonds. The van der Waals surface area contributed by atoms with Crippen molar-refractivity contribution >= 4 is 5.97 Å². The highest BCUT2D eigenvalue weighted by molar-refractivity contribution is 5.68. The Morgan fingerprint density at radius 3 is 2.71 bits per heavy atom. The zero-order valence-electron chi connectivity index (χ0n) is 8.96. The average Bonchev–Trinajstić information content (AvgIpc) is 2.46. The van der Waals surface area contributed by atoms with Crippen LogP contribution in [-0.2, 0) is 9.53 Å². The normalized spacial score (nSPS) is 31.8. The fourth-order valence-corrected chi connectivity index (χ4v) is 2.70. The van der Waals surface area contributed by atoms with E-state index in [-0.39, 0.29) is 5.97 Å². The molecule has 1 saturated carbocycles. The van der Waals surface area contributed by atoms with Crippen LogP contribution in [0.25, 0.3) is 0 Å². The van der Waals surface area contributed by atoms with Crippen molar-refractivity contribution < 1.29 is 9.53 Å². The first-order valence-corrected chi connectivity index (χ1v) is 5.02. The lowest BCUT2D eigenvalue weighted by Gasteiger charge is -2.11. The van der Waals surface area contributed by atoms with E-state index < -0.39 is 0 Å². The lowest BCUT2D eigenvalue weighted by molar-refractivity contribution is -0.136. The number of carbonyl (C=O) groups excluding carboxylic acids is 1. The Bertz CT molecular complexity index is 336. The van der Waals surface area contributed by atoms with Crippen LogP contribution in [0.5, 0.6) is 0 Å². The number of hydrogen-bond acceptors (Lipinski definition) is 2. The van der Waals surface area contributed by atoms with Gasteiger partial charge < -0.3 is 4.74 Å². The Balaban J connectivity index is 2.07. The van der Waals surface area contributed by atoms with Gasteiger partial charge in [0.15, 0.2) is 0 Å². The Kier molecular flexibility index (Phi) is 1.85. The summed E-state index contributed by atoms with van der Waals surface area (Å²) in [6.45, 7) is 9.74. The van der Waals surface area contributed by atoms with E-state index in [1.165, 1.54) is 6.92 Å². The molecule has 0 aliphatic heterocycles. The monoisotopic (exact) mass is 192 g/mol. The standard InChI is InChI=1S/C12H16O2/c1-7(14-8(2)13)9-5-6-10-11(9)12(10,3)4/h5,10-11H,1,6H2,2-4H3/t10-,11+/m1/s1. The first kappa shape index (κ1) is 9.50. The van der Waals surface area contributed by atoms with Crippen LogP contribution in [0.15, 0.2) is 24.0 Å². The zero-order valence-corrected chi connectivity index (χ0v) is 8.96. The molecule has 0 bridgehead atoms. The van der Waals surface area contributed by atoms with Crippen LogP contribution in [0.1, 0.15) is 27.2 Å². The molecule has 2 aliphatic rings. The van der Waals surface area contributed by atoms with Crippen molar-refractivity contribution in [2.45, 2.75) is 27.2 Å². The Hall–Kier alpha value is -1.05. The van der Waals surface area contributed by atoms with Gasteiger partial charge in [-0.3, -0.25) is 4.79 Å². The van der Waals surface area contributed by atoms with E-state index in [0.29, 0.717) is 17.1 Å². The molecule has 1 fully saturated rings. The molecule has 14 heavy (non-hydrogen) atoms. The SMILES string of the molecule is C=C(OC(C)=O)C1=CC[C@@H]2[C@H]1C2(C)C. The van der Waals surface area contributed by atoms with Crippen molar-refractivity contribution in [3.8, 4) is 0 Å². The molecule has 0 radical (unpaired) electrons. The summed E-state index contributed by atoms with van der Waals surface area (Å²) < 4.78 is 5.02. The highest BCUT2D eigenvalue weighted by Gasteiger charge is 2.61. The predicted molar refractivity (Wildman–Crippen MR) is 54.4 cm³/mol. The van der Waals surface area contributed by atoms with E-state index in [0.717, 1.165) is 17.9 Å². The summed E-state index contributed by atoms with van der Waals surface area (Å²) in [7, 11) is 0. The number of fused-ring (bicyclic) bond motifs is 1. The predicted octanol–water partition coefficient (Wildman–Crippen LogP) is 2.67. The lowest BCUT2D eigenvalue weighted by Crippen LogP contribution is -2.04. The third-order valence-electron chi connectivity index (χ3n) is 3.57. The average molecular weight is 192 g/mol. The largest absolute Gasteiger partial charge is 0.427 e. The smallest absolute Gasteiger partial charge is 0.308 e. The molecule has 76 valence electrons. The second kappa shape index (κ2) is 2.72. The van der Waals surface area contributed by atoms with Crippen LogP contribution in [0.4, 0.5) is 0 Å². The fourth-order valence-electron chi connectivity index (χ4n) is 2.70. The third kappa shape index (κ3) is 1.21. The number of allylic oxidation sites excluding steroid dienone is 2. The van der Waals surface area contributed by atoms with Gasteiger partial charge in [0.1, 0.15) is 5.76 Å². The van der Waals surface area contributed by atoms with Crippen molar-refractivity contribution in [3.05, 3.63) is 24.0 Å². The molecule has 0 heterocycles. The molecular weight excluding hydrogens is 176 g/mol. The first-order chi connectivity index (χ1) is 6.44. The molecule has 0 spiro atoms. The third-order valence-corrected chi connectivity index (χ3v) is 3.57. The summed E-state index contributed by atoms with van der Waals surface area (Å²) in [6, 6.07) is 0. The van der Waals surface area contributed by atoms with Crippen molar-refractivity contribution in [1.29, 1.82) is 0 Å². The van der Waals surface area contributed by atoms with Crippen LogP contribution in [0, 0.1) is 17.3 Å². The van der Waals surface area contributed by atoms with Gasteiger partial charge in [-0.05, 0) is 29.2 Å². The minimum Gasteiger partial charge on any atom is -0.427 e. The highest BCUT2D eigenvalue weighted by atomic mass is 16.5. The Labute approximate surface area is 84.6 Å². The minimum atomic E-state index is -0.280. The van der Waals surface area contributed by atoms with Gasteiger partial charge in [-0.1, -0.05) is 26.5 Å². The maximum absolute atomic E-state index is 10.8. The van der Waals surface area contributed by atoms with Crippen LogP contribution < -0.4 is 0 Å². The molecule has 0 unspecified atom stereocenters. The van der Waals surface area contributed by atoms with Crippen LogP contribution in [0.3, 0.4) is 0 Å². The first-order valence-electron chi connectivity index (χ1n) is 5.02. The van der Waals surface area contributed by atoms with Crippen LogP contribution in [0.2, 0.25) is 0 Å². The molecule has 0 N–H and O–H groups in total. The Morgan fingerprint density at radius 1 is 1.64 bits per heavy atom. The van der Waals surface area contributed by atoms with E-state index in [4.69, 9.17) is 4.74 Å². The number of carbonyl (C=O) groups is 1. The van der Waals surface area contributed by atoms with E-state index in [2.05, 4.69) is 26.5 Å². The molecule has 2 atom stereocenters. The van der Waals surface area contributed by atoms with E-state index in [9.17, 15) is 4.79 Å². The van der Waals surface area contributed by atoms with E-state index in [1.807, 2.05) is 0 Å². The molecule has 2 aliphatic carbocycles. The van der Waals surface area contributed by atoms with Gasteiger partial charge in [-0.2, -0.15) is 0 Å². The summed E-state index contributed by atoms with van der Waals surface area (Å²) >= 11 is 0. The summed E-state index contributed by atoms with van der Waals surface area (Å²) in [6.07, 6.45) is 3.26. The summed E-state index contributed by atoms with van der Waals surface area (Å²) in [5.41, 5.74) is 1.53. The molecular formula is C12H16O2. The van der Waals surface area contributed by atoms with Crippen molar-refractivity contribution in [2.75, 3.05) is 0 Å².